The van der Waals surface area contributed by atoms with Crippen LogP contribution in [0.3, 0.4) is 0 Å². The molecule has 10 nitrogen and oxygen atoms in total. The van der Waals surface area contributed by atoms with Crippen molar-refractivity contribution in [2.24, 2.45) is 5.73 Å². The number of carbonyl (C=O) groups is 4. The molecule has 23 heavy (non-hydrogen) atoms. The summed E-state index contributed by atoms with van der Waals surface area (Å²) in [6, 6.07) is -3.42. The molecule has 0 aromatic carbocycles. The second-order valence-electron chi connectivity index (χ2n) is 5.31. The van der Waals surface area contributed by atoms with Gasteiger partial charge in [0.15, 0.2) is 0 Å². The van der Waals surface area contributed by atoms with Gasteiger partial charge in [-0.1, -0.05) is 0 Å². The average molecular weight is 331 g/mol. The molecule has 0 bridgehead atoms. The van der Waals surface area contributed by atoms with Crippen molar-refractivity contribution in [3.63, 3.8) is 0 Å². The molecule has 0 aliphatic carbocycles. The Morgan fingerprint density at radius 1 is 1.26 bits per heavy atom. The topological polar surface area (TPSA) is 170 Å². The van der Waals surface area contributed by atoms with E-state index in [2.05, 4.69) is 5.32 Å². The zero-order valence-corrected chi connectivity index (χ0v) is 12.5. The van der Waals surface area contributed by atoms with E-state index < -0.39 is 48.5 Å². The summed E-state index contributed by atoms with van der Waals surface area (Å²) in [6.45, 7) is -0.480. The SMILES string of the molecule is N[C@@H](CCC(=O)O)C(=O)N[C@@H](CO)C(=O)N1CCC[C@@H]1C(=O)O. The van der Waals surface area contributed by atoms with Crippen molar-refractivity contribution in [1.29, 1.82) is 0 Å². The highest BCUT2D eigenvalue weighted by atomic mass is 16.4. The first-order chi connectivity index (χ1) is 10.8. The first-order valence-corrected chi connectivity index (χ1v) is 7.19. The summed E-state index contributed by atoms with van der Waals surface area (Å²) in [7, 11) is 0. The molecule has 0 spiro atoms. The monoisotopic (exact) mass is 331 g/mol. The third-order valence-electron chi connectivity index (χ3n) is 3.62. The van der Waals surface area contributed by atoms with Gasteiger partial charge in [-0.25, -0.2) is 4.79 Å². The number of rotatable bonds is 8. The van der Waals surface area contributed by atoms with Gasteiger partial charge in [0.25, 0.3) is 0 Å². The Morgan fingerprint density at radius 3 is 2.43 bits per heavy atom. The summed E-state index contributed by atoms with van der Waals surface area (Å²) in [5.74, 6) is -3.72. The van der Waals surface area contributed by atoms with Gasteiger partial charge in [-0.3, -0.25) is 14.4 Å². The number of nitrogens with one attached hydrogen (secondary N) is 1. The molecule has 130 valence electrons. The van der Waals surface area contributed by atoms with Crippen molar-refractivity contribution in [2.75, 3.05) is 13.2 Å². The number of hydrogen-bond acceptors (Lipinski definition) is 6. The molecule has 2 amide bonds. The van der Waals surface area contributed by atoms with Crippen LogP contribution in [0.2, 0.25) is 0 Å². The van der Waals surface area contributed by atoms with Crippen LogP contribution in [0.5, 0.6) is 0 Å². The molecule has 10 heteroatoms. The number of nitrogens with zero attached hydrogens (tertiary/aromatic N) is 1. The summed E-state index contributed by atoms with van der Waals surface area (Å²) in [4.78, 5) is 46.7. The van der Waals surface area contributed by atoms with Gasteiger partial charge in [-0.2, -0.15) is 0 Å². The van der Waals surface area contributed by atoms with E-state index in [4.69, 9.17) is 15.9 Å². The molecule has 6 N–H and O–H groups in total. The lowest BCUT2D eigenvalue weighted by molar-refractivity contribution is -0.149. The lowest BCUT2D eigenvalue weighted by atomic mass is 10.1. The average Bonchev–Trinajstić information content (AvgIpc) is 2.98. The van der Waals surface area contributed by atoms with Crippen LogP contribution in [-0.2, 0) is 19.2 Å². The normalized spacial score (nSPS) is 19.9. The number of carboxylic acids is 2. The fraction of sp³-hybridized carbons (Fsp3) is 0.692. The molecule has 1 saturated heterocycles. The smallest absolute Gasteiger partial charge is 0.326 e. The molecule has 1 aliphatic rings. The fourth-order valence-corrected chi connectivity index (χ4v) is 2.36. The van der Waals surface area contributed by atoms with Crippen LogP contribution in [0.25, 0.3) is 0 Å². The van der Waals surface area contributed by atoms with Gasteiger partial charge in [0.1, 0.15) is 12.1 Å². The van der Waals surface area contributed by atoms with Crippen molar-refractivity contribution < 1.29 is 34.5 Å². The number of carboxylic acid groups (broad SMARTS) is 2. The number of amides is 2. The minimum atomic E-state index is -1.31. The molecule has 1 rings (SSSR count). The maximum absolute atomic E-state index is 12.3. The van der Waals surface area contributed by atoms with E-state index in [-0.39, 0.29) is 19.4 Å². The van der Waals surface area contributed by atoms with Gasteiger partial charge >= 0.3 is 11.9 Å². The molecule has 1 heterocycles. The Kier molecular flexibility index (Phi) is 6.91. The quantitative estimate of drug-likeness (QED) is 0.331. The number of likely N-dealkylation sites (tertiary alicyclic amines) is 1. The predicted molar refractivity (Wildman–Crippen MR) is 76.2 cm³/mol. The van der Waals surface area contributed by atoms with Crippen LogP contribution in [0.15, 0.2) is 0 Å². The highest BCUT2D eigenvalue weighted by Gasteiger charge is 2.37. The highest BCUT2D eigenvalue weighted by molar-refractivity contribution is 5.92. The molecular weight excluding hydrogens is 310 g/mol. The number of aliphatic carboxylic acids is 2. The molecule has 0 aromatic rings. The second kappa shape index (κ2) is 8.44. The van der Waals surface area contributed by atoms with Crippen LogP contribution >= 0.6 is 0 Å². The number of aliphatic hydroxyl groups excluding tert-OH is 1. The van der Waals surface area contributed by atoms with Gasteiger partial charge in [0, 0.05) is 13.0 Å². The first-order valence-electron chi connectivity index (χ1n) is 7.19. The van der Waals surface area contributed by atoms with E-state index in [0.29, 0.717) is 12.8 Å². The fourth-order valence-electron chi connectivity index (χ4n) is 2.36. The van der Waals surface area contributed by atoms with Crippen LogP contribution in [0.1, 0.15) is 25.7 Å². The Bertz CT molecular complexity index is 482. The molecular formula is C13H21N3O7. The van der Waals surface area contributed by atoms with E-state index in [0.717, 1.165) is 4.90 Å². The minimum absolute atomic E-state index is 0.116. The lowest BCUT2D eigenvalue weighted by Crippen LogP contribution is -2.55. The van der Waals surface area contributed by atoms with Gasteiger partial charge in [-0.15, -0.1) is 0 Å². The summed E-state index contributed by atoms with van der Waals surface area (Å²) in [5, 5.41) is 29.1. The van der Waals surface area contributed by atoms with Gasteiger partial charge in [0.05, 0.1) is 12.6 Å². The van der Waals surface area contributed by atoms with Gasteiger partial charge in [0.2, 0.25) is 11.8 Å². The third-order valence-corrected chi connectivity index (χ3v) is 3.62. The van der Waals surface area contributed by atoms with Crippen LogP contribution in [0.4, 0.5) is 0 Å². The van der Waals surface area contributed by atoms with Crippen LogP contribution < -0.4 is 11.1 Å². The summed E-state index contributed by atoms with van der Waals surface area (Å²) >= 11 is 0. The largest absolute Gasteiger partial charge is 0.481 e. The first kappa shape index (κ1) is 18.8. The van der Waals surface area contributed by atoms with E-state index in [1.54, 1.807) is 0 Å². The Balaban J connectivity index is 2.65. The highest BCUT2D eigenvalue weighted by Crippen LogP contribution is 2.18. The number of aliphatic hydroxyl groups is 1. The van der Waals surface area contributed by atoms with E-state index in [1.807, 2.05) is 0 Å². The van der Waals surface area contributed by atoms with Crippen molar-refractivity contribution >= 4 is 23.8 Å². The zero-order chi connectivity index (χ0) is 17.6. The zero-order valence-electron chi connectivity index (χ0n) is 12.5. The standard InChI is InChI=1S/C13H21N3O7/c14-7(3-4-10(18)19)11(20)15-8(6-17)12(21)16-5-1-2-9(16)13(22)23/h7-9,17H,1-6,14H2,(H,15,20)(H,18,19)(H,22,23)/t7-,8-,9+/m0/s1. The molecule has 0 aromatic heterocycles. The Labute approximate surface area is 132 Å². The van der Waals surface area contributed by atoms with Crippen LogP contribution in [-0.4, -0.2) is 75.2 Å². The second-order valence-corrected chi connectivity index (χ2v) is 5.31. The molecule has 0 unspecified atom stereocenters. The van der Waals surface area contributed by atoms with E-state index in [9.17, 15) is 24.3 Å². The molecule has 3 atom stereocenters. The van der Waals surface area contributed by atoms with Crippen molar-refractivity contribution in [2.45, 2.75) is 43.8 Å². The maximum Gasteiger partial charge on any atom is 0.326 e. The lowest BCUT2D eigenvalue weighted by Gasteiger charge is -2.27. The number of carbonyl (C=O) groups excluding carboxylic acids is 2. The van der Waals surface area contributed by atoms with Gasteiger partial charge in [-0.05, 0) is 19.3 Å². The van der Waals surface area contributed by atoms with E-state index >= 15 is 0 Å². The minimum Gasteiger partial charge on any atom is -0.481 e. The summed E-state index contributed by atoms with van der Waals surface area (Å²) in [6.07, 6.45) is 0.409. The maximum atomic E-state index is 12.3. The molecule has 0 saturated carbocycles. The van der Waals surface area contributed by atoms with Crippen LogP contribution in [0, 0.1) is 0 Å². The Hall–Kier alpha value is -2.20. The van der Waals surface area contributed by atoms with Gasteiger partial charge < -0.3 is 31.3 Å². The molecule has 0 radical (unpaired) electrons. The summed E-state index contributed by atoms with van der Waals surface area (Å²) in [5.41, 5.74) is 5.52. The number of hydrogen-bond donors (Lipinski definition) is 5. The Morgan fingerprint density at radius 2 is 1.91 bits per heavy atom. The number of nitrogens with two attached hydrogens (primary N) is 1. The van der Waals surface area contributed by atoms with E-state index in [1.165, 1.54) is 0 Å². The predicted octanol–water partition coefficient (Wildman–Crippen LogP) is -2.27. The van der Waals surface area contributed by atoms with Crippen molar-refractivity contribution in [3.05, 3.63) is 0 Å². The molecule has 1 fully saturated rings. The third kappa shape index (κ3) is 5.18. The van der Waals surface area contributed by atoms with Crippen molar-refractivity contribution in [3.8, 4) is 0 Å². The summed E-state index contributed by atoms with van der Waals surface area (Å²) < 4.78 is 0. The molecule has 1 aliphatic heterocycles. The van der Waals surface area contributed by atoms with Crippen molar-refractivity contribution in [1.82, 2.24) is 10.2 Å².